The van der Waals surface area contributed by atoms with Crippen LogP contribution < -0.4 is 16.4 Å². The van der Waals surface area contributed by atoms with Crippen LogP contribution in [-0.4, -0.2) is 29.1 Å². The Morgan fingerprint density at radius 2 is 1.58 bits per heavy atom. The Morgan fingerprint density at radius 1 is 1.03 bits per heavy atom. The van der Waals surface area contributed by atoms with Crippen LogP contribution in [0.25, 0.3) is 0 Å². The summed E-state index contributed by atoms with van der Waals surface area (Å²) < 4.78 is 6.03. The van der Waals surface area contributed by atoms with Crippen LogP contribution in [0.5, 0.6) is 0 Å². The lowest BCUT2D eigenvalue weighted by molar-refractivity contribution is -0.106. The molecule has 1 aromatic heterocycles. The maximum absolute atomic E-state index is 11.0. The van der Waals surface area contributed by atoms with Crippen LogP contribution in [0.4, 0.5) is 11.4 Å². The lowest BCUT2D eigenvalue weighted by atomic mass is 9.68. The molecule has 0 saturated heterocycles. The summed E-state index contributed by atoms with van der Waals surface area (Å²) in [5, 5.41) is 14.0. The summed E-state index contributed by atoms with van der Waals surface area (Å²) in [6.07, 6.45) is 3.38. The predicted octanol–water partition coefficient (Wildman–Crippen LogP) is 2.68. The van der Waals surface area contributed by atoms with Gasteiger partial charge in [-0.1, -0.05) is 12.1 Å². The van der Waals surface area contributed by atoms with Gasteiger partial charge in [0, 0.05) is 24.3 Å². The van der Waals surface area contributed by atoms with Gasteiger partial charge in [0.25, 0.3) is 0 Å². The first kappa shape index (κ1) is 20.7. The summed E-state index contributed by atoms with van der Waals surface area (Å²) in [5.41, 5.74) is 11.3. The van der Waals surface area contributed by atoms with Crippen molar-refractivity contribution in [2.75, 3.05) is 10.6 Å². The van der Waals surface area contributed by atoms with Crippen molar-refractivity contribution in [2.45, 2.75) is 44.6 Å². The van der Waals surface area contributed by atoms with Crippen molar-refractivity contribution in [1.29, 1.82) is 0 Å². The fourth-order valence-electron chi connectivity index (χ4n) is 4.65. The number of fused-ring (bicyclic) bond motifs is 2. The standard InChI is InChI=1S/C23H25N5O3/c1-14(24)11-23(22-28-27-15(2)31-22)20-7-5-18(25-12-29)9-16(20)3-4-17-10-19(26-13-30)6-8-21(17)23/h5-10,12-14H,3-4,11,24H2,1-2H3,(H,25,29)(H,26,30)/t14-/m1/s1. The molecule has 0 bridgehead atoms. The van der Waals surface area contributed by atoms with Gasteiger partial charge in [-0.3, -0.25) is 9.59 Å². The van der Waals surface area contributed by atoms with E-state index in [1.807, 2.05) is 43.3 Å². The van der Waals surface area contributed by atoms with E-state index in [1.54, 1.807) is 6.92 Å². The van der Waals surface area contributed by atoms with Crippen molar-refractivity contribution in [3.05, 3.63) is 70.4 Å². The van der Waals surface area contributed by atoms with E-state index in [-0.39, 0.29) is 6.04 Å². The van der Waals surface area contributed by atoms with E-state index in [0.29, 0.717) is 31.0 Å². The van der Waals surface area contributed by atoms with Crippen molar-refractivity contribution in [2.24, 2.45) is 5.73 Å². The average Bonchev–Trinajstić information content (AvgIpc) is 3.13. The van der Waals surface area contributed by atoms with E-state index in [2.05, 4.69) is 20.8 Å². The maximum atomic E-state index is 11.0. The molecule has 0 spiro atoms. The van der Waals surface area contributed by atoms with E-state index in [1.165, 1.54) is 0 Å². The first-order valence-corrected chi connectivity index (χ1v) is 10.2. The van der Waals surface area contributed by atoms with Crippen molar-refractivity contribution in [3.8, 4) is 0 Å². The van der Waals surface area contributed by atoms with Crippen LogP contribution in [0.3, 0.4) is 0 Å². The van der Waals surface area contributed by atoms with Gasteiger partial charge in [0.1, 0.15) is 5.41 Å². The second kappa shape index (κ2) is 8.31. The lowest BCUT2D eigenvalue weighted by Gasteiger charge is -2.35. The second-order valence-electron chi connectivity index (χ2n) is 7.98. The van der Waals surface area contributed by atoms with Gasteiger partial charge in [-0.05, 0) is 72.7 Å². The molecule has 31 heavy (non-hydrogen) atoms. The third-order valence-corrected chi connectivity index (χ3v) is 5.76. The van der Waals surface area contributed by atoms with Crippen LogP contribution in [-0.2, 0) is 27.8 Å². The van der Waals surface area contributed by atoms with Crippen LogP contribution in [0.1, 0.15) is 47.4 Å². The number of nitrogens with two attached hydrogens (primary N) is 1. The van der Waals surface area contributed by atoms with Crippen molar-refractivity contribution >= 4 is 24.2 Å². The zero-order valence-corrected chi connectivity index (χ0v) is 17.5. The smallest absolute Gasteiger partial charge is 0.231 e. The van der Waals surface area contributed by atoms with Gasteiger partial charge in [0.15, 0.2) is 0 Å². The molecule has 160 valence electrons. The predicted molar refractivity (Wildman–Crippen MR) is 117 cm³/mol. The van der Waals surface area contributed by atoms with E-state index >= 15 is 0 Å². The molecule has 1 aliphatic rings. The summed E-state index contributed by atoms with van der Waals surface area (Å²) in [7, 11) is 0. The van der Waals surface area contributed by atoms with Crippen LogP contribution in [0, 0.1) is 6.92 Å². The number of benzene rings is 2. The number of aromatic nitrogens is 2. The molecule has 0 aliphatic heterocycles. The van der Waals surface area contributed by atoms with Gasteiger partial charge in [0.2, 0.25) is 24.6 Å². The van der Waals surface area contributed by atoms with Gasteiger partial charge >= 0.3 is 0 Å². The summed E-state index contributed by atoms with van der Waals surface area (Å²) in [5.74, 6) is 0.962. The molecule has 1 atom stereocenters. The summed E-state index contributed by atoms with van der Waals surface area (Å²) in [4.78, 5) is 22.0. The van der Waals surface area contributed by atoms with Crippen molar-refractivity contribution in [3.63, 3.8) is 0 Å². The monoisotopic (exact) mass is 419 g/mol. The quantitative estimate of drug-likeness (QED) is 0.506. The van der Waals surface area contributed by atoms with Crippen LogP contribution >= 0.6 is 0 Å². The Morgan fingerprint density at radius 3 is 2.00 bits per heavy atom. The number of carbonyl (C=O) groups is 2. The van der Waals surface area contributed by atoms with Crippen LogP contribution in [0.2, 0.25) is 0 Å². The number of rotatable bonds is 7. The van der Waals surface area contributed by atoms with Gasteiger partial charge in [-0.25, -0.2) is 0 Å². The molecule has 0 unspecified atom stereocenters. The van der Waals surface area contributed by atoms with E-state index in [0.717, 1.165) is 46.5 Å². The lowest BCUT2D eigenvalue weighted by Crippen LogP contribution is -2.37. The van der Waals surface area contributed by atoms with Crippen LogP contribution in [0.15, 0.2) is 40.8 Å². The molecule has 8 heteroatoms. The van der Waals surface area contributed by atoms with Gasteiger partial charge < -0.3 is 20.8 Å². The van der Waals surface area contributed by atoms with E-state index < -0.39 is 5.41 Å². The molecule has 2 aromatic carbocycles. The highest BCUT2D eigenvalue weighted by atomic mass is 16.4. The normalized spacial score (nSPS) is 15.2. The maximum Gasteiger partial charge on any atom is 0.231 e. The Hall–Kier alpha value is -3.52. The number of hydrogen-bond acceptors (Lipinski definition) is 6. The molecule has 1 heterocycles. The molecular formula is C23H25N5O3. The Kier molecular flexibility index (Phi) is 5.56. The number of nitrogens with one attached hydrogen (secondary N) is 2. The summed E-state index contributed by atoms with van der Waals surface area (Å²) in [6, 6.07) is 11.6. The minimum Gasteiger partial charge on any atom is -0.424 e. The highest BCUT2D eigenvalue weighted by Gasteiger charge is 2.46. The molecule has 2 amide bonds. The second-order valence-corrected chi connectivity index (χ2v) is 7.98. The Labute approximate surface area is 180 Å². The van der Waals surface area contributed by atoms with Gasteiger partial charge in [0.05, 0.1) is 0 Å². The molecule has 4 rings (SSSR count). The Bertz CT molecular complexity index is 1060. The fraction of sp³-hybridized carbons (Fsp3) is 0.304. The fourth-order valence-corrected chi connectivity index (χ4v) is 4.65. The molecule has 4 N–H and O–H groups in total. The molecule has 0 radical (unpaired) electrons. The topological polar surface area (TPSA) is 123 Å². The summed E-state index contributed by atoms with van der Waals surface area (Å²) in [6.45, 7) is 3.72. The Balaban J connectivity index is 2.03. The summed E-state index contributed by atoms with van der Waals surface area (Å²) >= 11 is 0. The van der Waals surface area contributed by atoms with Gasteiger partial charge in [-0.2, -0.15) is 0 Å². The number of nitrogens with zero attached hydrogens (tertiary/aromatic N) is 2. The third kappa shape index (κ3) is 3.70. The largest absolute Gasteiger partial charge is 0.424 e. The SMILES string of the molecule is Cc1nnc(C2(C[C@@H](C)N)c3ccc(NC=O)cc3CCc3cc(NC=O)ccc32)o1. The number of anilines is 2. The molecular weight excluding hydrogens is 394 g/mol. The molecule has 0 saturated carbocycles. The average molecular weight is 419 g/mol. The minimum atomic E-state index is -0.754. The molecule has 1 aliphatic carbocycles. The van der Waals surface area contributed by atoms with E-state index in [4.69, 9.17) is 10.2 Å². The highest BCUT2D eigenvalue weighted by molar-refractivity contribution is 5.74. The zero-order valence-electron chi connectivity index (χ0n) is 17.5. The zero-order chi connectivity index (χ0) is 22.0. The number of amides is 2. The van der Waals surface area contributed by atoms with Crippen molar-refractivity contribution < 1.29 is 14.0 Å². The van der Waals surface area contributed by atoms with Crippen molar-refractivity contribution in [1.82, 2.24) is 10.2 Å². The molecule has 8 nitrogen and oxygen atoms in total. The number of aryl methyl sites for hydroxylation is 3. The first-order valence-electron chi connectivity index (χ1n) is 10.2. The van der Waals surface area contributed by atoms with E-state index in [9.17, 15) is 9.59 Å². The minimum absolute atomic E-state index is 0.161. The van der Waals surface area contributed by atoms with Gasteiger partial charge in [-0.15, -0.1) is 10.2 Å². The number of hydrogen-bond donors (Lipinski definition) is 3. The highest BCUT2D eigenvalue weighted by Crippen LogP contribution is 2.48. The molecule has 0 fully saturated rings. The first-order chi connectivity index (χ1) is 15.0. The third-order valence-electron chi connectivity index (χ3n) is 5.76. The molecule has 3 aromatic rings. The number of carbonyl (C=O) groups excluding carboxylic acids is 2.